The maximum Gasteiger partial charge on any atom is 0.407 e. The van der Waals surface area contributed by atoms with E-state index in [2.05, 4.69) is 19.8 Å². The van der Waals surface area contributed by atoms with Crippen LogP contribution in [0.3, 0.4) is 0 Å². The van der Waals surface area contributed by atoms with Crippen LogP contribution >= 0.6 is 0 Å². The molecule has 2 heterocycles. The van der Waals surface area contributed by atoms with Crippen molar-refractivity contribution in [3.63, 3.8) is 0 Å². The van der Waals surface area contributed by atoms with Crippen molar-refractivity contribution in [2.45, 2.75) is 57.3 Å². The minimum atomic E-state index is -3.04. The lowest BCUT2D eigenvalue weighted by atomic mass is 10.1. The molecule has 0 spiro atoms. The third-order valence-corrected chi connectivity index (χ3v) is 6.47. The first-order chi connectivity index (χ1) is 18.5. The van der Waals surface area contributed by atoms with E-state index in [0.29, 0.717) is 18.1 Å². The molecule has 39 heavy (non-hydrogen) atoms. The molecule has 14 heteroatoms. The summed E-state index contributed by atoms with van der Waals surface area (Å²) in [5.41, 5.74) is 11.8. The lowest BCUT2D eigenvalue weighted by molar-refractivity contribution is -0.118. The molecule has 1 saturated carbocycles. The Bertz CT molecular complexity index is 1220. The summed E-state index contributed by atoms with van der Waals surface area (Å²) in [5.74, 6) is -0.776. The molecule has 3 amide bonds. The SMILES string of the molecule is COC(=O)N[C@@H]1C[C@@H](CC(N)=O)N(C(=O)c2nc(-c3ccc(OC(F)F)c(OCC4CC4)c3)oc2[C@H](C)N)C1. The molecule has 1 aromatic carbocycles. The number of nitrogens with one attached hydrogen (secondary N) is 1. The van der Waals surface area contributed by atoms with Gasteiger partial charge in [-0.1, -0.05) is 0 Å². The summed E-state index contributed by atoms with van der Waals surface area (Å²) in [5, 5.41) is 2.63. The van der Waals surface area contributed by atoms with Crippen LogP contribution in [-0.4, -0.2) is 66.7 Å². The molecule has 0 unspecified atom stereocenters. The quantitative estimate of drug-likeness (QED) is 0.379. The number of hydrogen-bond acceptors (Lipinski definition) is 9. The van der Waals surface area contributed by atoms with Crippen molar-refractivity contribution < 1.29 is 41.8 Å². The fourth-order valence-electron chi connectivity index (χ4n) is 4.41. The topological polar surface area (TPSA) is 172 Å². The maximum atomic E-state index is 13.7. The number of aromatic nitrogens is 1. The Morgan fingerprint density at radius 2 is 2.00 bits per heavy atom. The molecule has 3 atom stereocenters. The Hall–Kier alpha value is -3.94. The molecule has 12 nitrogen and oxygen atoms in total. The Labute approximate surface area is 222 Å². The molecule has 2 aliphatic rings. The van der Waals surface area contributed by atoms with Crippen LogP contribution in [-0.2, 0) is 9.53 Å². The molecule has 1 aliphatic carbocycles. The first-order valence-electron chi connectivity index (χ1n) is 12.5. The van der Waals surface area contributed by atoms with Crippen LogP contribution in [0.15, 0.2) is 22.6 Å². The van der Waals surface area contributed by atoms with Gasteiger partial charge in [0.2, 0.25) is 11.8 Å². The van der Waals surface area contributed by atoms with E-state index in [4.69, 9.17) is 20.6 Å². The summed E-state index contributed by atoms with van der Waals surface area (Å²) in [6, 6.07) is 2.39. The van der Waals surface area contributed by atoms with Crippen molar-refractivity contribution >= 4 is 17.9 Å². The summed E-state index contributed by atoms with van der Waals surface area (Å²) in [6.07, 6.45) is 1.46. The summed E-state index contributed by atoms with van der Waals surface area (Å²) >= 11 is 0. The average Bonchev–Trinajstić information content (AvgIpc) is 3.46. The number of halogens is 2. The predicted molar refractivity (Wildman–Crippen MR) is 132 cm³/mol. The van der Waals surface area contributed by atoms with Crippen molar-refractivity contribution in [2.24, 2.45) is 17.4 Å². The van der Waals surface area contributed by atoms with Crippen molar-refractivity contribution in [3.8, 4) is 23.0 Å². The number of methoxy groups -OCH3 is 1. The van der Waals surface area contributed by atoms with E-state index in [0.717, 1.165) is 12.8 Å². The number of likely N-dealkylation sites (tertiary alicyclic amines) is 1. The van der Waals surface area contributed by atoms with Gasteiger partial charge in [0, 0.05) is 24.6 Å². The molecule has 212 valence electrons. The highest BCUT2D eigenvalue weighted by atomic mass is 19.3. The Morgan fingerprint density at radius 3 is 2.62 bits per heavy atom. The van der Waals surface area contributed by atoms with Gasteiger partial charge in [0.1, 0.15) is 0 Å². The molecule has 0 bridgehead atoms. The van der Waals surface area contributed by atoms with Gasteiger partial charge in [-0.2, -0.15) is 8.78 Å². The highest BCUT2D eigenvalue weighted by Crippen LogP contribution is 2.37. The molecule has 2 aromatic rings. The number of rotatable bonds is 11. The largest absolute Gasteiger partial charge is 0.489 e. The smallest absolute Gasteiger partial charge is 0.407 e. The van der Waals surface area contributed by atoms with Crippen molar-refractivity contribution in [3.05, 3.63) is 29.7 Å². The predicted octanol–water partition coefficient (Wildman–Crippen LogP) is 2.57. The molecular weight excluding hydrogens is 520 g/mol. The second-order valence-corrected chi connectivity index (χ2v) is 9.67. The van der Waals surface area contributed by atoms with Crippen molar-refractivity contribution in [2.75, 3.05) is 20.3 Å². The monoisotopic (exact) mass is 551 g/mol. The highest BCUT2D eigenvalue weighted by molar-refractivity contribution is 5.95. The van der Waals surface area contributed by atoms with E-state index in [-0.39, 0.29) is 48.2 Å². The van der Waals surface area contributed by atoms with Crippen LogP contribution in [0.1, 0.15) is 54.9 Å². The zero-order valence-electron chi connectivity index (χ0n) is 21.5. The van der Waals surface area contributed by atoms with Crippen LogP contribution < -0.4 is 26.3 Å². The number of alkyl halides is 2. The molecule has 1 saturated heterocycles. The van der Waals surface area contributed by atoms with Gasteiger partial charge in [-0.05, 0) is 50.3 Å². The highest BCUT2D eigenvalue weighted by Gasteiger charge is 2.39. The minimum absolute atomic E-state index is 0.0143. The van der Waals surface area contributed by atoms with Gasteiger partial charge in [0.25, 0.3) is 5.91 Å². The number of hydrogen-bond donors (Lipinski definition) is 3. The average molecular weight is 552 g/mol. The molecule has 2 fully saturated rings. The van der Waals surface area contributed by atoms with E-state index in [9.17, 15) is 23.2 Å². The first-order valence-corrected chi connectivity index (χ1v) is 12.5. The normalized spacial score (nSPS) is 19.6. The third kappa shape index (κ3) is 6.93. The van der Waals surface area contributed by atoms with E-state index >= 15 is 0 Å². The van der Waals surface area contributed by atoms with Gasteiger partial charge >= 0.3 is 12.7 Å². The lowest BCUT2D eigenvalue weighted by Crippen LogP contribution is -2.40. The molecule has 5 N–H and O–H groups in total. The van der Waals surface area contributed by atoms with Crippen LogP contribution in [0.4, 0.5) is 13.6 Å². The number of primary amides is 1. The van der Waals surface area contributed by atoms with Gasteiger partial charge in [-0.15, -0.1) is 0 Å². The van der Waals surface area contributed by atoms with Crippen molar-refractivity contribution in [1.82, 2.24) is 15.2 Å². The standard InChI is InChI=1S/C25H31F2N5O7/c1-12(28)21-20(23(34)32-10-15(30-25(35)36-2)8-16(32)9-19(29)33)31-22(39-21)14-5-6-17(38-24(26)27)18(7-14)37-11-13-3-4-13/h5-7,12-13,15-16,24H,3-4,8-11,28H2,1-2H3,(H2,29,33)(H,30,35)/t12-,15+,16-/m0/s1. The Morgan fingerprint density at radius 1 is 1.26 bits per heavy atom. The zero-order chi connectivity index (χ0) is 28.3. The van der Waals surface area contributed by atoms with Gasteiger partial charge in [-0.25, -0.2) is 9.78 Å². The third-order valence-electron chi connectivity index (χ3n) is 6.47. The van der Waals surface area contributed by atoms with E-state index in [1.54, 1.807) is 6.92 Å². The fourth-order valence-corrected chi connectivity index (χ4v) is 4.41. The van der Waals surface area contributed by atoms with Gasteiger partial charge < -0.3 is 40.3 Å². The maximum absolute atomic E-state index is 13.7. The number of amides is 3. The van der Waals surface area contributed by atoms with E-state index in [1.807, 2.05) is 0 Å². The van der Waals surface area contributed by atoms with Crippen LogP contribution in [0.2, 0.25) is 0 Å². The van der Waals surface area contributed by atoms with Gasteiger partial charge in [-0.3, -0.25) is 9.59 Å². The Kier molecular flexibility index (Phi) is 8.53. The second-order valence-electron chi connectivity index (χ2n) is 9.67. The summed E-state index contributed by atoms with van der Waals surface area (Å²) in [6.45, 7) is -1.01. The zero-order valence-corrected chi connectivity index (χ0v) is 21.5. The number of oxazole rings is 1. The second kappa shape index (κ2) is 11.8. The summed E-state index contributed by atoms with van der Waals surface area (Å²) < 4.78 is 46.7. The van der Waals surface area contributed by atoms with Crippen LogP contribution in [0, 0.1) is 5.92 Å². The first kappa shape index (κ1) is 28.1. The molecule has 4 rings (SSSR count). The number of nitrogens with zero attached hydrogens (tertiary/aromatic N) is 2. The van der Waals surface area contributed by atoms with Crippen molar-refractivity contribution in [1.29, 1.82) is 0 Å². The lowest BCUT2D eigenvalue weighted by Gasteiger charge is -2.23. The number of carbonyl (C=O) groups is 3. The fraction of sp³-hybridized carbons (Fsp3) is 0.520. The number of ether oxygens (including phenoxy) is 3. The summed E-state index contributed by atoms with van der Waals surface area (Å²) in [4.78, 5) is 42.8. The number of nitrogens with two attached hydrogens (primary N) is 2. The molecular formula is C25H31F2N5O7. The molecule has 0 radical (unpaired) electrons. The van der Waals surface area contributed by atoms with Crippen LogP contribution in [0.5, 0.6) is 11.5 Å². The van der Waals surface area contributed by atoms with Gasteiger partial charge in [0.05, 0.1) is 25.8 Å². The van der Waals surface area contributed by atoms with E-state index < -0.39 is 42.6 Å². The van der Waals surface area contributed by atoms with Gasteiger partial charge in [0.15, 0.2) is 23.0 Å². The van der Waals surface area contributed by atoms with Crippen LogP contribution in [0.25, 0.3) is 11.5 Å². The number of carbonyl (C=O) groups excluding carboxylic acids is 3. The summed E-state index contributed by atoms with van der Waals surface area (Å²) in [7, 11) is 1.22. The number of benzene rings is 1. The van der Waals surface area contributed by atoms with E-state index in [1.165, 1.54) is 30.2 Å². The molecule has 1 aliphatic heterocycles. The Balaban J connectivity index is 1.64. The number of alkyl carbamates (subject to hydrolysis) is 1. The molecule has 1 aromatic heterocycles. The minimum Gasteiger partial charge on any atom is -0.489 e.